The fourth-order valence-corrected chi connectivity index (χ4v) is 1.97. The maximum atomic E-state index is 13.6. The molecule has 5 heteroatoms. The summed E-state index contributed by atoms with van der Waals surface area (Å²) in [5.74, 6) is 1.18. The van der Waals surface area contributed by atoms with Crippen molar-refractivity contribution < 1.29 is 18.6 Å². The number of methoxy groups -OCH3 is 3. The number of nitrogens with one attached hydrogen (secondary N) is 1. The van der Waals surface area contributed by atoms with Gasteiger partial charge in [0.05, 0.1) is 21.3 Å². The number of benzene rings is 2. The molecule has 0 aliphatic heterocycles. The van der Waals surface area contributed by atoms with Crippen LogP contribution in [0.25, 0.3) is 0 Å². The first-order chi connectivity index (χ1) is 10.2. The van der Waals surface area contributed by atoms with Gasteiger partial charge in [-0.25, -0.2) is 4.39 Å². The molecule has 0 aliphatic rings. The number of rotatable bonds is 6. The maximum Gasteiger partial charge on any atom is 0.165 e. The average molecular weight is 291 g/mol. The molecule has 0 amide bonds. The minimum absolute atomic E-state index is 0.241. The van der Waals surface area contributed by atoms with Gasteiger partial charge in [-0.15, -0.1) is 0 Å². The van der Waals surface area contributed by atoms with Crippen molar-refractivity contribution >= 4 is 5.69 Å². The smallest absolute Gasteiger partial charge is 0.165 e. The largest absolute Gasteiger partial charge is 0.494 e. The van der Waals surface area contributed by atoms with Crippen LogP contribution in [0.1, 0.15) is 5.56 Å². The SMILES string of the molecule is COc1ccc(CNc2ccc(OC)c(OC)c2)cc1F. The Balaban J connectivity index is 2.07. The minimum atomic E-state index is -0.371. The van der Waals surface area contributed by atoms with Crippen LogP contribution < -0.4 is 19.5 Å². The normalized spacial score (nSPS) is 10.1. The number of hydrogen-bond acceptors (Lipinski definition) is 4. The molecule has 0 saturated carbocycles. The number of halogens is 1. The van der Waals surface area contributed by atoms with Crippen molar-refractivity contribution in [1.82, 2.24) is 0 Å². The second kappa shape index (κ2) is 6.83. The van der Waals surface area contributed by atoms with E-state index in [4.69, 9.17) is 14.2 Å². The zero-order valence-electron chi connectivity index (χ0n) is 12.3. The average Bonchev–Trinajstić information content (AvgIpc) is 2.52. The van der Waals surface area contributed by atoms with Crippen LogP contribution in [-0.4, -0.2) is 21.3 Å². The summed E-state index contributed by atoms with van der Waals surface area (Å²) in [5.41, 5.74) is 1.69. The van der Waals surface area contributed by atoms with Crippen molar-refractivity contribution in [2.24, 2.45) is 0 Å². The number of ether oxygens (including phenoxy) is 3. The van der Waals surface area contributed by atoms with Gasteiger partial charge in [-0.1, -0.05) is 6.07 Å². The summed E-state index contributed by atoms with van der Waals surface area (Å²) >= 11 is 0. The summed E-state index contributed by atoms with van der Waals surface area (Å²) in [6, 6.07) is 10.4. The molecule has 2 aromatic rings. The molecule has 1 N–H and O–H groups in total. The Morgan fingerprint density at radius 2 is 1.52 bits per heavy atom. The Hall–Kier alpha value is -2.43. The van der Waals surface area contributed by atoms with Crippen LogP contribution in [0.2, 0.25) is 0 Å². The number of hydrogen-bond donors (Lipinski definition) is 1. The number of anilines is 1. The van der Waals surface area contributed by atoms with Crippen LogP contribution in [0.3, 0.4) is 0 Å². The Labute approximate surface area is 123 Å². The van der Waals surface area contributed by atoms with Crippen molar-refractivity contribution in [2.75, 3.05) is 26.6 Å². The van der Waals surface area contributed by atoms with Gasteiger partial charge < -0.3 is 19.5 Å². The molecule has 0 unspecified atom stereocenters. The van der Waals surface area contributed by atoms with E-state index in [9.17, 15) is 4.39 Å². The molecule has 0 aliphatic carbocycles. The molecule has 0 radical (unpaired) electrons. The molecule has 2 rings (SSSR count). The Bertz CT molecular complexity index is 616. The van der Waals surface area contributed by atoms with Crippen LogP contribution in [0.15, 0.2) is 36.4 Å². The van der Waals surface area contributed by atoms with E-state index in [-0.39, 0.29) is 11.6 Å². The van der Waals surface area contributed by atoms with E-state index in [2.05, 4.69) is 5.32 Å². The lowest BCUT2D eigenvalue weighted by Gasteiger charge is -2.12. The maximum absolute atomic E-state index is 13.6. The highest BCUT2D eigenvalue weighted by atomic mass is 19.1. The molecule has 4 nitrogen and oxygen atoms in total. The third-order valence-electron chi connectivity index (χ3n) is 3.10. The summed E-state index contributed by atoms with van der Waals surface area (Å²) in [5, 5.41) is 3.21. The predicted molar refractivity (Wildman–Crippen MR) is 79.8 cm³/mol. The Kier molecular flexibility index (Phi) is 4.87. The molecule has 0 heterocycles. The first-order valence-electron chi connectivity index (χ1n) is 6.46. The van der Waals surface area contributed by atoms with Gasteiger partial charge in [-0.05, 0) is 29.8 Å². The van der Waals surface area contributed by atoms with Crippen molar-refractivity contribution in [2.45, 2.75) is 6.54 Å². The van der Waals surface area contributed by atoms with Gasteiger partial charge >= 0.3 is 0 Å². The van der Waals surface area contributed by atoms with Crippen LogP contribution >= 0.6 is 0 Å². The van der Waals surface area contributed by atoms with Gasteiger partial charge in [0.25, 0.3) is 0 Å². The summed E-state index contributed by atoms with van der Waals surface area (Å²) in [6.07, 6.45) is 0. The standard InChI is InChI=1S/C16H18FNO3/c1-19-14-6-4-11(8-13(14)17)10-18-12-5-7-15(20-2)16(9-12)21-3/h4-9,18H,10H2,1-3H3. The van der Waals surface area contributed by atoms with Crippen molar-refractivity contribution in [3.63, 3.8) is 0 Å². The van der Waals surface area contributed by atoms with E-state index in [1.165, 1.54) is 13.2 Å². The molecule has 0 bridgehead atoms. The molecule has 0 fully saturated rings. The molecule has 2 aromatic carbocycles. The first kappa shape index (κ1) is 15.0. The summed E-state index contributed by atoms with van der Waals surface area (Å²) in [7, 11) is 4.62. The molecule has 112 valence electrons. The Morgan fingerprint density at radius 1 is 0.857 bits per heavy atom. The van der Waals surface area contributed by atoms with E-state index < -0.39 is 0 Å². The van der Waals surface area contributed by atoms with Gasteiger partial charge in [0.2, 0.25) is 0 Å². The predicted octanol–water partition coefficient (Wildman–Crippen LogP) is 3.46. The fourth-order valence-electron chi connectivity index (χ4n) is 1.97. The van der Waals surface area contributed by atoms with Gasteiger partial charge in [0.1, 0.15) is 0 Å². The topological polar surface area (TPSA) is 39.7 Å². The van der Waals surface area contributed by atoms with Crippen molar-refractivity contribution in [3.05, 3.63) is 47.8 Å². The molecular formula is C16H18FNO3. The second-order valence-corrected chi connectivity index (χ2v) is 4.39. The van der Waals surface area contributed by atoms with E-state index in [0.29, 0.717) is 18.0 Å². The van der Waals surface area contributed by atoms with Crippen LogP contribution in [0.4, 0.5) is 10.1 Å². The van der Waals surface area contributed by atoms with E-state index in [1.54, 1.807) is 20.3 Å². The second-order valence-electron chi connectivity index (χ2n) is 4.39. The van der Waals surface area contributed by atoms with Crippen molar-refractivity contribution in [1.29, 1.82) is 0 Å². The summed E-state index contributed by atoms with van der Waals surface area (Å²) in [6.45, 7) is 0.496. The third-order valence-corrected chi connectivity index (χ3v) is 3.10. The Morgan fingerprint density at radius 3 is 2.14 bits per heavy atom. The van der Waals surface area contributed by atoms with Crippen LogP contribution in [0, 0.1) is 5.82 Å². The fraction of sp³-hybridized carbons (Fsp3) is 0.250. The molecule has 0 atom stereocenters. The van der Waals surface area contributed by atoms with Gasteiger partial charge in [-0.3, -0.25) is 0 Å². The van der Waals surface area contributed by atoms with Gasteiger partial charge in [-0.2, -0.15) is 0 Å². The molecule has 21 heavy (non-hydrogen) atoms. The minimum Gasteiger partial charge on any atom is -0.494 e. The van der Waals surface area contributed by atoms with E-state index in [0.717, 1.165) is 11.3 Å². The zero-order valence-corrected chi connectivity index (χ0v) is 12.3. The van der Waals surface area contributed by atoms with E-state index in [1.807, 2.05) is 24.3 Å². The molecule has 0 aromatic heterocycles. The highest BCUT2D eigenvalue weighted by Gasteiger charge is 2.06. The summed E-state index contributed by atoms with van der Waals surface area (Å²) in [4.78, 5) is 0. The highest BCUT2D eigenvalue weighted by molar-refractivity contribution is 5.55. The molecule has 0 spiro atoms. The summed E-state index contributed by atoms with van der Waals surface area (Å²) < 4.78 is 28.9. The third kappa shape index (κ3) is 3.56. The van der Waals surface area contributed by atoms with Gasteiger partial charge in [0.15, 0.2) is 23.1 Å². The highest BCUT2D eigenvalue weighted by Crippen LogP contribution is 2.30. The lowest BCUT2D eigenvalue weighted by molar-refractivity contribution is 0.355. The van der Waals surface area contributed by atoms with Crippen LogP contribution in [-0.2, 0) is 6.54 Å². The van der Waals surface area contributed by atoms with Crippen molar-refractivity contribution in [3.8, 4) is 17.2 Å². The van der Waals surface area contributed by atoms with Crippen LogP contribution in [0.5, 0.6) is 17.2 Å². The molecule has 0 saturated heterocycles. The first-order valence-corrected chi connectivity index (χ1v) is 6.46. The lowest BCUT2D eigenvalue weighted by atomic mass is 10.2. The van der Waals surface area contributed by atoms with E-state index >= 15 is 0 Å². The van der Waals surface area contributed by atoms with Gasteiger partial charge in [0, 0.05) is 18.3 Å². The quantitative estimate of drug-likeness (QED) is 0.884. The zero-order chi connectivity index (χ0) is 15.2. The molecular weight excluding hydrogens is 273 g/mol. The lowest BCUT2D eigenvalue weighted by Crippen LogP contribution is -2.01. The monoisotopic (exact) mass is 291 g/mol.